The van der Waals surface area contributed by atoms with Crippen LogP contribution >= 0.6 is 24.0 Å². The number of para-hydroxylation sites is 1. The Hall–Kier alpha value is -2.36. The van der Waals surface area contributed by atoms with Crippen LogP contribution in [-0.2, 0) is 13.1 Å². The molecule has 1 aromatic carbocycles. The summed E-state index contributed by atoms with van der Waals surface area (Å²) in [7, 11) is 1.78. The van der Waals surface area contributed by atoms with Crippen molar-refractivity contribution in [3.8, 4) is 5.69 Å². The van der Waals surface area contributed by atoms with Gasteiger partial charge in [0.15, 0.2) is 5.96 Å². The number of aromatic nitrogens is 4. The summed E-state index contributed by atoms with van der Waals surface area (Å²) < 4.78 is 3.92. The Morgan fingerprint density at radius 1 is 1.07 bits per heavy atom. The number of rotatable bonds is 7. The third-order valence-corrected chi connectivity index (χ3v) is 4.27. The molecule has 0 saturated heterocycles. The van der Waals surface area contributed by atoms with Gasteiger partial charge >= 0.3 is 0 Å². The molecule has 0 fully saturated rings. The minimum atomic E-state index is 0. The third kappa shape index (κ3) is 6.08. The van der Waals surface area contributed by atoms with E-state index in [0.29, 0.717) is 6.54 Å². The van der Waals surface area contributed by atoms with Gasteiger partial charge in [-0.1, -0.05) is 18.2 Å². The van der Waals surface area contributed by atoms with Gasteiger partial charge < -0.3 is 10.6 Å². The standard InChI is InChI=1S/C20H27N7.HI/c1-16-14-17(2)26(24-16)12-7-11-22-20(21-3)23-15-18-10-13-27(25-18)19-8-5-4-6-9-19;/h4-6,8-10,13-14H,7,11-12,15H2,1-3H3,(H2,21,22,23);1H. The maximum Gasteiger partial charge on any atom is 0.191 e. The maximum atomic E-state index is 4.59. The summed E-state index contributed by atoms with van der Waals surface area (Å²) in [6, 6.07) is 14.2. The van der Waals surface area contributed by atoms with Gasteiger partial charge in [-0.2, -0.15) is 10.2 Å². The second-order valence-electron chi connectivity index (χ2n) is 6.44. The zero-order valence-electron chi connectivity index (χ0n) is 16.6. The molecular weight excluding hydrogens is 465 g/mol. The fourth-order valence-electron chi connectivity index (χ4n) is 2.91. The number of hydrogen-bond donors (Lipinski definition) is 2. The average molecular weight is 493 g/mol. The van der Waals surface area contributed by atoms with Crippen LogP contribution in [0.5, 0.6) is 0 Å². The number of hydrogen-bond acceptors (Lipinski definition) is 3. The largest absolute Gasteiger partial charge is 0.356 e. The van der Waals surface area contributed by atoms with E-state index in [1.165, 1.54) is 5.69 Å². The monoisotopic (exact) mass is 493 g/mol. The molecule has 7 nitrogen and oxygen atoms in total. The van der Waals surface area contributed by atoms with E-state index in [9.17, 15) is 0 Å². The van der Waals surface area contributed by atoms with Crippen molar-refractivity contribution in [1.29, 1.82) is 0 Å². The van der Waals surface area contributed by atoms with E-state index in [2.05, 4.69) is 38.8 Å². The Balaban J connectivity index is 0.00000280. The van der Waals surface area contributed by atoms with Crippen LogP contribution in [0, 0.1) is 13.8 Å². The van der Waals surface area contributed by atoms with Crippen LogP contribution in [0.3, 0.4) is 0 Å². The zero-order valence-corrected chi connectivity index (χ0v) is 18.9. The molecule has 0 unspecified atom stereocenters. The van der Waals surface area contributed by atoms with Gasteiger partial charge in [0.2, 0.25) is 0 Å². The lowest BCUT2D eigenvalue weighted by Gasteiger charge is -2.11. The molecule has 2 aromatic heterocycles. The molecule has 2 heterocycles. The van der Waals surface area contributed by atoms with Gasteiger partial charge in [-0.25, -0.2) is 4.68 Å². The van der Waals surface area contributed by atoms with Gasteiger partial charge in [-0.05, 0) is 44.5 Å². The molecular formula is C20H28IN7. The number of aryl methyl sites for hydroxylation is 3. The van der Waals surface area contributed by atoms with E-state index in [0.717, 1.165) is 42.5 Å². The molecule has 0 radical (unpaired) electrons. The number of benzene rings is 1. The fraction of sp³-hybridized carbons (Fsp3) is 0.350. The Kier molecular flexibility index (Phi) is 8.49. The van der Waals surface area contributed by atoms with E-state index in [-0.39, 0.29) is 24.0 Å². The van der Waals surface area contributed by atoms with E-state index in [1.807, 2.05) is 58.9 Å². The first-order valence-electron chi connectivity index (χ1n) is 9.21. The van der Waals surface area contributed by atoms with Crippen LogP contribution in [0.4, 0.5) is 0 Å². The second kappa shape index (κ2) is 10.8. The quantitative estimate of drug-likeness (QED) is 0.230. The number of halogens is 1. The molecule has 150 valence electrons. The minimum Gasteiger partial charge on any atom is -0.356 e. The molecule has 0 amide bonds. The number of guanidine groups is 1. The first-order valence-corrected chi connectivity index (χ1v) is 9.21. The van der Waals surface area contributed by atoms with Gasteiger partial charge in [-0.15, -0.1) is 24.0 Å². The lowest BCUT2D eigenvalue weighted by Crippen LogP contribution is -2.37. The summed E-state index contributed by atoms with van der Waals surface area (Å²) in [6.45, 7) is 6.45. The van der Waals surface area contributed by atoms with Crippen LogP contribution in [0.2, 0.25) is 0 Å². The highest BCUT2D eigenvalue weighted by molar-refractivity contribution is 14.0. The van der Waals surface area contributed by atoms with Crippen molar-refractivity contribution in [2.45, 2.75) is 33.4 Å². The van der Waals surface area contributed by atoms with E-state index in [1.54, 1.807) is 7.05 Å². The van der Waals surface area contributed by atoms with Crippen LogP contribution in [-0.4, -0.2) is 39.1 Å². The van der Waals surface area contributed by atoms with Crippen LogP contribution in [0.25, 0.3) is 5.69 Å². The molecule has 0 aliphatic rings. The summed E-state index contributed by atoms with van der Waals surface area (Å²) in [4.78, 5) is 4.27. The predicted octanol–water partition coefficient (Wildman–Crippen LogP) is 3.06. The molecule has 28 heavy (non-hydrogen) atoms. The normalized spacial score (nSPS) is 11.2. The van der Waals surface area contributed by atoms with Crippen LogP contribution in [0.1, 0.15) is 23.5 Å². The van der Waals surface area contributed by atoms with E-state index in [4.69, 9.17) is 0 Å². The van der Waals surface area contributed by atoms with Gasteiger partial charge in [0.25, 0.3) is 0 Å². The van der Waals surface area contributed by atoms with Crippen molar-refractivity contribution in [1.82, 2.24) is 30.2 Å². The SMILES string of the molecule is CN=C(NCCCn1nc(C)cc1C)NCc1ccn(-c2ccccc2)n1.I. The summed E-state index contributed by atoms with van der Waals surface area (Å²) in [5.74, 6) is 0.776. The predicted molar refractivity (Wildman–Crippen MR) is 123 cm³/mol. The van der Waals surface area contributed by atoms with Crippen molar-refractivity contribution in [2.24, 2.45) is 4.99 Å². The Labute approximate surface area is 183 Å². The molecule has 0 aliphatic carbocycles. The molecule has 0 aliphatic heterocycles. The topological polar surface area (TPSA) is 72.1 Å². The fourth-order valence-corrected chi connectivity index (χ4v) is 2.91. The Morgan fingerprint density at radius 3 is 2.54 bits per heavy atom. The first kappa shape index (κ1) is 21.9. The highest BCUT2D eigenvalue weighted by atomic mass is 127. The van der Waals surface area contributed by atoms with Crippen LogP contribution in [0.15, 0.2) is 53.7 Å². The summed E-state index contributed by atoms with van der Waals surface area (Å²) in [6.07, 6.45) is 2.95. The zero-order chi connectivity index (χ0) is 19.1. The van der Waals surface area contributed by atoms with E-state index >= 15 is 0 Å². The van der Waals surface area contributed by atoms with Gasteiger partial charge in [0, 0.05) is 32.0 Å². The summed E-state index contributed by atoms with van der Waals surface area (Å²) in [5.41, 5.74) is 4.27. The molecule has 3 rings (SSSR count). The number of aliphatic imine (C=N–C) groups is 1. The van der Waals surface area contributed by atoms with Crippen molar-refractivity contribution in [3.63, 3.8) is 0 Å². The number of nitrogens with zero attached hydrogens (tertiary/aromatic N) is 5. The van der Waals surface area contributed by atoms with Crippen molar-refractivity contribution in [3.05, 3.63) is 65.7 Å². The summed E-state index contributed by atoms with van der Waals surface area (Å²) >= 11 is 0. The van der Waals surface area contributed by atoms with Crippen molar-refractivity contribution in [2.75, 3.05) is 13.6 Å². The molecule has 0 atom stereocenters. The molecule has 0 bridgehead atoms. The first-order chi connectivity index (χ1) is 13.2. The number of nitrogens with one attached hydrogen (secondary N) is 2. The Morgan fingerprint density at radius 2 is 1.86 bits per heavy atom. The molecule has 0 saturated carbocycles. The van der Waals surface area contributed by atoms with Crippen molar-refractivity contribution >= 4 is 29.9 Å². The highest BCUT2D eigenvalue weighted by Crippen LogP contribution is 2.06. The van der Waals surface area contributed by atoms with Crippen molar-refractivity contribution < 1.29 is 0 Å². The average Bonchev–Trinajstić information content (AvgIpc) is 3.28. The lowest BCUT2D eigenvalue weighted by molar-refractivity contribution is 0.555. The smallest absolute Gasteiger partial charge is 0.191 e. The summed E-state index contributed by atoms with van der Waals surface area (Å²) in [5, 5.41) is 15.7. The van der Waals surface area contributed by atoms with Gasteiger partial charge in [-0.3, -0.25) is 9.67 Å². The van der Waals surface area contributed by atoms with Crippen LogP contribution < -0.4 is 10.6 Å². The third-order valence-electron chi connectivity index (χ3n) is 4.27. The molecule has 2 N–H and O–H groups in total. The molecule has 0 spiro atoms. The van der Waals surface area contributed by atoms with Gasteiger partial charge in [0.1, 0.15) is 0 Å². The Bertz CT molecular complexity index is 883. The molecule has 8 heteroatoms. The maximum absolute atomic E-state index is 4.59. The second-order valence-corrected chi connectivity index (χ2v) is 6.44. The molecule has 3 aromatic rings. The highest BCUT2D eigenvalue weighted by Gasteiger charge is 2.04. The van der Waals surface area contributed by atoms with E-state index < -0.39 is 0 Å². The minimum absolute atomic E-state index is 0. The van der Waals surface area contributed by atoms with Gasteiger partial charge in [0.05, 0.1) is 23.6 Å². The lowest BCUT2D eigenvalue weighted by atomic mass is 10.3.